The fourth-order valence-corrected chi connectivity index (χ4v) is 4.18. The number of rotatable bonds is 2. The molecule has 0 saturated heterocycles. The van der Waals surface area contributed by atoms with Crippen molar-refractivity contribution in [1.82, 2.24) is 0 Å². The van der Waals surface area contributed by atoms with E-state index in [-0.39, 0.29) is 17.9 Å². The molecule has 3 rings (SSSR count). The Morgan fingerprint density at radius 1 is 1.25 bits per heavy atom. The second-order valence-electron chi connectivity index (χ2n) is 5.74. The van der Waals surface area contributed by atoms with Gasteiger partial charge in [-0.2, -0.15) is 0 Å². The van der Waals surface area contributed by atoms with Gasteiger partial charge in [-0.1, -0.05) is 5.16 Å². The molecule has 6 nitrogen and oxygen atoms in total. The largest absolute Gasteiger partial charge is 0.468 e. The second kappa shape index (κ2) is 4.75. The van der Waals surface area contributed by atoms with Gasteiger partial charge in [-0.15, -0.1) is 0 Å². The van der Waals surface area contributed by atoms with E-state index in [9.17, 15) is 9.59 Å². The van der Waals surface area contributed by atoms with Crippen LogP contribution in [0.4, 0.5) is 0 Å². The van der Waals surface area contributed by atoms with Crippen LogP contribution in [0.25, 0.3) is 0 Å². The van der Waals surface area contributed by atoms with Crippen molar-refractivity contribution in [2.24, 2.45) is 22.4 Å². The summed E-state index contributed by atoms with van der Waals surface area (Å²) >= 11 is 0. The molecule has 0 amide bonds. The molecule has 0 N–H and O–H groups in total. The van der Waals surface area contributed by atoms with E-state index in [2.05, 4.69) is 5.16 Å². The van der Waals surface area contributed by atoms with Gasteiger partial charge in [0.05, 0.1) is 19.9 Å². The van der Waals surface area contributed by atoms with E-state index in [1.165, 1.54) is 14.2 Å². The molecule has 3 atom stereocenters. The molecule has 0 aromatic heterocycles. The number of hydrogen-bond donors (Lipinski definition) is 0. The zero-order valence-electron chi connectivity index (χ0n) is 11.8. The van der Waals surface area contributed by atoms with Gasteiger partial charge in [0, 0.05) is 5.92 Å². The second-order valence-corrected chi connectivity index (χ2v) is 5.74. The SMILES string of the molecule is COC(=O)C1(C(=O)OC)CCCC2=NO[C@@H]3CC[C@H]1[C@@H]23. The Bertz CT molecular complexity index is 456. The van der Waals surface area contributed by atoms with Crippen LogP contribution in [0.3, 0.4) is 0 Å². The van der Waals surface area contributed by atoms with Crippen LogP contribution in [-0.2, 0) is 23.9 Å². The van der Waals surface area contributed by atoms with Crippen molar-refractivity contribution in [2.75, 3.05) is 14.2 Å². The molecule has 6 heteroatoms. The van der Waals surface area contributed by atoms with Crippen LogP contribution in [0, 0.1) is 17.3 Å². The van der Waals surface area contributed by atoms with E-state index < -0.39 is 17.4 Å². The maximum Gasteiger partial charge on any atom is 0.323 e. The van der Waals surface area contributed by atoms with Crippen LogP contribution in [0.1, 0.15) is 32.1 Å². The van der Waals surface area contributed by atoms with Crippen LogP contribution in [0.15, 0.2) is 5.16 Å². The molecule has 2 fully saturated rings. The predicted molar refractivity (Wildman–Crippen MR) is 68.8 cm³/mol. The van der Waals surface area contributed by atoms with E-state index in [1.54, 1.807) is 0 Å². The van der Waals surface area contributed by atoms with Crippen LogP contribution < -0.4 is 0 Å². The van der Waals surface area contributed by atoms with Gasteiger partial charge in [-0.25, -0.2) is 0 Å². The molecule has 1 heterocycles. The van der Waals surface area contributed by atoms with Gasteiger partial charge in [0.25, 0.3) is 0 Å². The summed E-state index contributed by atoms with van der Waals surface area (Å²) in [4.78, 5) is 30.3. The first-order chi connectivity index (χ1) is 9.65. The van der Waals surface area contributed by atoms with E-state index in [0.717, 1.165) is 25.0 Å². The first-order valence-electron chi connectivity index (χ1n) is 7.04. The van der Waals surface area contributed by atoms with E-state index in [1.807, 2.05) is 0 Å². The molecule has 0 bridgehead atoms. The molecule has 3 aliphatic rings. The van der Waals surface area contributed by atoms with Gasteiger partial charge in [0.1, 0.15) is 6.10 Å². The molecule has 110 valence electrons. The summed E-state index contributed by atoms with van der Waals surface area (Å²) in [6, 6.07) is 0. The number of hydrogen-bond acceptors (Lipinski definition) is 6. The summed E-state index contributed by atoms with van der Waals surface area (Å²) in [7, 11) is 2.65. The lowest BCUT2D eigenvalue weighted by molar-refractivity contribution is -0.175. The summed E-state index contributed by atoms with van der Waals surface area (Å²) in [5.74, 6) is -1.04. The highest BCUT2D eigenvalue weighted by Gasteiger charge is 2.63. The van der Waals surface area contributed by atoms with Gasteiger partial charge in [-0.3, -0.25) is 9.59 Å². The molecular formula is C14H19NO5. The topological polar surface area (TPSA) is 74.2 Å². The molecule has 20 heavy (non-hydrogen) atoms. The number of oxime groups is 1. The molecule has 0 aromatic carbocycles. The normalized spacial score (nSPS) is 33.5. The van der Waals surface area contributed by atoms with Crippen molar-refractivity contribution >= 4 is 17.7 Å². The molecule has 0 aromatic rings. The van der Waals surface area contributed by atoms with Crippen molar-refractivity contribution in [3.63, 3.8) is 0 Å². The maximum atomic E-state index is 12.4. The first-order valence-corrected chi connectivity index (χ1v) is 7.04. The quantitative estimate of drug-likeness (QED) is 0.563. The number of methoxy groups -OCH3 is 2. The monoisotopic (exact) mass is 281 g/mol. The minimum atomic E-state index is -1.20. The van der Waals surface area contributed by atoms with Crippen LogP contribution in [0.2, 0.25) is 0 Å². The molecule has 0 radical (unpaired) electrons. The summed E-state index contributed by atoms with van der Waals surface area (Å²) in [6.45, 7) is 0. The molecular weight excluding hydrogens is 262 g/mol. The van der Waals surface area contributed by atoms with Crippen LogP contribution in [0.5, 0.6) is 0 Å². The van der Waals surface area contributed by atoms with Crippen molar-refractivity contribution in [3.8, 4) is 0 Å². The Morgan fingerprint density at radius 2 is 1.95 bits per heavy atom. The third kappa shape index (κ3) is 1.60. The number of ether oxygens (including phenoxy) is 2. The average Bonchev–Trinajstić information content (AvgIpc) is 3.00. The summed E-state index contributed by atoms with van der Waals surface area (Å²) in [5.41, 5.74) is -0.208. The Morgan fingerprint density at radius 3 is 2.60 bits per heavy atom. The lowest BCUT2D eigenvalue weighted by Gasteiger charge is -2.34. The van der Waals surface area contributed by atoms with Crippen molar-refractivity contribution in [1.29, 1.82) is 0 Å². The van der Waals surface area contributed by atoms with Gasteiger partial charge in [0.2, 0.25) is 0 Å². The fourth-order valence-electron chi connectivity index (χ4n) is 4.18. The van der Waals surface area contributed by atoms with Crippen LogP contribution >= 0.6 is 0 Å². The van der Waals surface area contributed by atoms with Crippen molar-refractivity contribution in [3.05, 3.63) is 0 Å². The zero-order valence-corrected chi connectivity index (χ0v) is 11.8. The maximum absolute atomic E-state index is 12.4. The van der Waals surface area contributed by atoms with Crippen LogP contribution in [-0.4, -0.2) is 38.0 Å². The fraction of sp³-hybridized carbons (Fsp3) is 0.786. The lowest BCUT2D eigenvalue weighted by atomic mass is 9.68. The number of carbonyl (C=O) groups excluding carboxylic acids is 2. The third-order valence-corrected chi connectivity index (χ3v) is 5.02. The van der Waals surface area contributed by atoms with Gasteiger partial charge in [0.15, 0.2) is 5.41 Å². The third-order valence-electron chi connectivity index (χ3n) is 5.02. The molecule has 0 unspecified atom stereocenters. The summed E-state index contributed by atoms with van der Waals surface area (Å²) in [5, 5.41) is 4.15. The van der Waals surface area contributed by atoms with Crippen molar-refractivity contribution < 1.29 is 23.9 Å². The van der Waals surface area contributed by atoms with Gasteiger partial charge >= 0.3 is 11.9 Å². The van der Waals surface area contributed by atoms with E-state index in [4.69, 9.17) is 14.3 Å². The number of nitrogens with zero attached hydrogens (tertiary/aromatic N) is 1. The molecule has 2 aliphatic carbocycles. The lowest BCUT2D eigenvalue weighted by Crippen LogP contribution is -2.48. The van der Waals surface area contributed by atoms with Gasteiger partial charge < -0.3 is 14.3 Å². The molecule has 2 saturated carbocycles. The molecule has 1 aliphatic heterocycles. The Labute approximate surface area is 117 Å². The van der Waals surface area contributed by atoms with E-state index in [0.29, 0.717) is 12.8 Å². The zero-order chi connectivity index (χ0) is 14.3. The minimum absolute atomic E-state index is 0.00165. The Kier molecular flexibility index (Phi) is 3.18. The first kappa shape index (κ1) is 13.4. The summed E-state index contributed by atoms with van der Waals surface area (Å²) in [6.07, 6.45) is 3.52. The average molecular weight is 281 g/mol. The van der Waals surface area contributed by atoms with E-state index >= 15 is 0 Å². The smallest absolute Gasteiger partial charge is 0.323 e. The predicted octanol–water partition coefficient (Wildman–Crippen LogP) is 1.28. The number of esters is 2. The highest BCUT2D eigenvalue weighted by atomic mass is 16.6. The standard InChI is InChI=1S/C14H19NO5/c1-18-12(16)14(13(17)19-2)7-3-4-9-11-8(14)5-6-10(11)20-15-9/h8,10-11H,3-7H2,1-2H3/t8-,10+,11-/m0/s1. The number of carbonyl (C=O) groups is 2. The minimum Gasteiger partial charge on any atom is -0.468 e. The highest BCUT2D eigenvalue weighted by Crippen LogP contribution is 2.53. The highest BCUT2D eigenvalue weighted by molar-refractivity contribution is 6.02. The van der Waals surface area contributed by atoms with Crippen molar-refractivity contribution in [2.45, 2.75) is 38.2 Å². The Hall–Kier alpha value is -1.59. The summed E-state index contributed by atoms with van der Waals surface area (Å²) < 4.78 is 9.90. The Balaban J connectivity index is 2.06. The van der Waals surface area contributed by atoms with Gasteiger partial charge in [-0.05, 0) is 38.0 Å². The molecule has 0 spiro atoms.